The number of carbonyl (C=O) groups is 1. The topological polar surface area (TPSA) is 91.6 Å². The number of nitrogens with zero attached hydrogens (tertiary/aromatic N) is 2. The lowest BCUT2D eigenvalue weighted by Crippen LogP contribution is -2.03. The molecular weight excluding hydrogens is 276 g/mol. The van der Waals surface area contributed by atoms with E-state index in [4.69, 9.17) is 4.74 Å². The van der Waals surface area contributed by atoms with E-state index in [9.17, 15) is 14.9 Å². The summed E-state index contributed by atoms with van der Waals surface area (Å²) < 4.78 is 10.1. The normalized spacial score (nSPS) is 9.95. The molecule has 0 radical (unpaired) electrons. The van der Waals surface area contributed by atoms with Gasteiger partial charge in [-0.15, -0.1) is 0 Å². The first-order valence-electron chi connectivity index (χ1n) is 5.99. The third kappa shape index (κ3) is 3.75. The van der Waals surface area contributed by atoms with Crippen molar-refractivity contribution in [1.82, 2.24) is 4.98 Å². The predicted octanol–water partition coefficient (Wildman–Crippen LogP) is 2.36. The zero-order valence-electron chi connectivity index (χ0n) is 11.2. The van der Waals surface area contributed by atoms with Gasteiger partial charge in [0, 0.05) is 18.3 Å². The van der Waals surface area contributed by atoms with E-state index in [0.29, 0.717) is 11.3 Å². The van der Waals surface area contributed by atoms with Crippen LogP contribution >= 0.6 is 0 Å². The minimum Gasteiger partial charge on any atom is -0.487 e. The molecule has 0 atom stereocenters. The van der Waals surface area contributed by atoms with Gasteiger partial charge in [0.1, 0.15) is 12.4 Å². The van der Waals surface area contributed by atoms with Gasteiger partial charge in [0.2, 0.25) is 0 Å². The molecule has 7 heteroatoms. The van der Waals surface area contributed by atoms with Gasteiger partial charge in [0.15, 0.2) is 0 Å². The molecular formula is C14H12N2O5. The molecule has 0 spiro atoms. The molecule has 0 saturated carbocycles. The number of benzene rings is 1. The number of hydrogen-bond donors (Lipinski definition) is 0. The van der Waals surface area contributed by atoms with Crippen molar-refractivity contribution >= 4 is 11.7 Å². The Bertz CT molecular complexity index is 672. The molecule has 0 bridgehead atoms. The molecule has 21 heavy (non-hydrogen) atoms. The number of pyridine rings is 1. The number of non-ortho nitro benzene ring substituents is 1. The van der Waals surface area contributed by atoms with E-state index >= 15 is 0 Å². The average molecular weight is 288 g/mol. The van der Waals surface area contributed by atoms with E-state index in [2.05, 4.69) is 9.72 Å². The zero-order valence-corrected chi connectivity index (χ0v) is 11.2. The first-order chi connectivity index (χ1) is 10.1. The van der Waals surface area contributed by atoms with Crippen LogP contribution in [0.25, 0.3) is 0 Å². The molecule has 0 amide bonds. The molecule has 0 aliphatic heterocycles. The fourth-order valence-corrected chi connectivity index (χ4v) is 1.65. The zero-order chi connectivity index (χ0) is 15.2. The number of aromatic nitrogens is 1. The van der Waals surface area contributed by atoms with Crippen molar-refractivity contribution in [2.75, 3.05) is 7.11 Å². The SMILES string of the molecule is COC(=O)c1cncc(OCc2cccc([N+](=O)[O-])c2)c1. The summed E-state index contributed by atoms with van der Waals surface area (Å²) in [5, 5.41) is 10.7. The lowest BCUT2D eigenvalue weighted by atomic mass is 10.2. The molecule has 0 saturated heterocycles. The maximum atomic E-state index is 11.4. The van der Waals surface area contributed by atoms with Gasteiger partial charge in [0.05, 0.1) is 23.8 Å². The van der Waals surface area contributed by atoms with Crippen molar-refractivity contribution in [2.24, 2.45) is 0 Å². The third-order valence-electron chi connectivity index (χ3n) is 2.66. The van der Waals surface area contributed by atoms with Crippen LogP contribution in [0.15, 0.2) is 42.7 Å². The average Bonchev–Trinajstić information content (AvgIpc) is 2.52. The van der Waals surface area contributed by atoms with Crippen LogP contribution in [-0.4, -0.2) is 23.0 Å². The number of nitro groups is 1. The molecule has 1 aromatic carbocycles. The first kappa shape index (κ1) is 14.4. The molecule has 108 valence electrons. The monoisotopic (exact) mass is 288 g/mol. The summed E-state index contributed by atoms with van der Waals surface area (Å²) in [4.78, 5) is 25.5. The van der Waals surface area contributed by atoms with Gasteiger partial charge in [-0.25, -0.2) is 4.79 Å². The Morgan fingerprint density at radius 1 is 1.33 bits per heavy atom. The molecule has 0 aliphatic carbocycles. The maximum absolute atomic E-state index is 11.4. The van der Waals surface area contributed by atoms with Crippen molar-refractivity contribution in [3.8, 4) is 5.75 Å². The molecule has 0 aliphatic rings. The summed E-state index contributed by atoms with van der Waals surface area (Å²) in [7, 11) is 1.28. The van der Waals surface area contributed by atoms with Gasteiger partial charge in [-0.2, -0.15) is 0 Å². The van der Waals surface area contributed by atoms with Crippen molar-refractivity contribution in [3.05, 3.63) is 64.0 Å². The highest BCUT2D eigenvalue weighted by atomic mass is 16.6. The number of methoxy groups -OCH3 is 1. The second kappa shape index (κ2) is 6.47. The van der Waals surface area contributed by atoms with Crippen LogP contribution in [0.3, 0.4) is 0 Å². The molecule has 0 fully saturated rings. The minimum absolute atomic E-state index is 0.00228. The summed E-state index contributed by atoms with van der Waals surface area (Å²) in [6.07, 6.45) is 2.82. The quantitative estimate of drug-likeness (QED) is 0.476. The van der Waals surface area contributed by atoms with E-state index in [1.165, 1.54) is 37.7 Å². The van der Waals surface area contributed by atoms with E-state index in [1.54, 1.807) is 12.1 Å². The van der Waals surface area contributed by atoms with Crippen LogP contribution in [0.1, 0.15) is 15.9 Å². The largest absolute Gasteiger partial charge is 0.487 e. The smallest absolute Gasteiger partial charge is 0.339 e. The van der Waals surface area contributed by atoms with Gasteiger partial charge < -0.3 is 9.47 Å². The van der Waals surface area contributed by atoms with E-state index in [1.807, 2.05) is 0 Å². The van der Waals surface area contributed by atoms with Crippen LogP contribution in [0.2, 0.25) is 0 Å². The number of rotatable bonds is 5. The van der Waals surface area contributed by atoms with Gasteiger partial charge in [-0.1, -0.05) is 12.1 Å². The van der Waals surface area contributed by atoms with Crippen LogP contribution in [0, 0.1) is 10.1 Å². The van der Waals surface area contributed by atoms with E-state index in [0.717, 1.165) is 0 Å². The van der Waals surface area contributed by atoms with E-state index in [-0.39, 0.29) is 17.9 Å². The van der Waals surface area contributed by atoms with Crippen molar-refractivity contribution in [2.45, 2.75) is 6.61 Å². The van der Waals surface area contributed by atoms with Gasteiger partial charge in [-0.3, -0.25) is 15.1 Å². The lowest BCUT2D eigenvalue weighted by molar-refractivity contribution is -0.384. The summed E-state index contributed by atoms with van der Waals surface area (Å²) in [5.41, 5.74) is 0.916. The number of nitro benzene ring substituents is 1. The van der Waals surface area contributed by atoms with Gasteiger partial charge in [-0.05, 0) is 11.6 Å². The highest BCUT2D eigenvalue weighted by Gasteiger charge is 2.09. The molecule has 2 rings (SSSR count). The highest BCUT2D eigenvalue weighted by Crippen LogP contribution is 2.17. The lowest BCUT2D eigenvalue weighted by Gasteiger charge is -2.07. The van der Waals surface area contributed by atoms with Crippen LogP contribution < -0.4 is 4.74 Å². The molecule has 1 heterocycles. The summed E-state index contributed by atoms with van der Waals surface area (Å²) in [6, 6.07) is 7.63. The van der Waals surface area contributed by atoms with Crippen LogP contribution in [0.4, 0.5) is 5.69 Å². The summed E-state index contributed by atoms with van der Waals surface area (Å²) in [5.74, 6) is -0.132. The summed E-state index contributed by atoms with van der Waals surface area (Å²) >= 11 is 0. The molecule has 0 unspecified atom stereocenters. The van der Waals surface area contributed by atoms with Crippen molar-refractivity contribution in [3.63, 3.8) is 0 Å². The Balaban J connectivity index is 2.08. The van der Waals surface area contributed by atoms with Crippen LogP contribution in [0.5, 0.6) is 5.75 Å². The molecule has 7 nitrogen and oxygen atoms in total. The standard InChI is InChI=1S/C14H12N2O5/c1-20-14(17)11-6-13(8-15-7-11)21-9-10-3-2-4-12(5-10)16(18)19/h2-8H,9H2,1H3. The molecule has 0 N–H and O–H groups in total. The fourth-order valence-electron chi connectivity index (χ4n) is 1.65. The van der Waals surface area contributed by atoms with Gasteiger partial charge >= 0.3 is 5.97 Å². The van der Waals surface area contributed by atoms with Crippen molar-refractivity contribution in [1.29, 1.82) is 0 Å². The second-order valence-corrected chi connectivity index (χ2v) is 4.12. The Kier molecular flexibility index (Phi) is 4.45. The van der Waals surface area contributed by atoms with E-state index < -0.39 is 10.9 Å². The Hall–Kier alpha value is -2.96. The minimum atomic E-state index is -0.511. The Morgan fingerprint density at radius 2 is 2.14 bits per heavy atom. The Labute approximate surface area is 120 Å². The number of carbonyl (C=O) groups excluding carboxylic acids is 1. The number of hydrogen-bond acceptors (Lipinski definition) is 6. The fraction of sp³-hybridized carbons (Fsp3) is 0.143. The number of ether oxygens (including phenoxy) is 2. The van der Waals surface area contributed by atoms with Crippen molar-refractivity contribution < 1.29 is 19.2 Å². The Morgan fingerprint density at radius 3 is 2.86 bits per heavy atom. The second-order valence-electron chi connectivity index (χ2n) is 4.12. The predicted molar refractivity (Wildman–Crippen MR) is 73.0 cm³/mol. The molecule has 2 aromatic rings. The first-order valence-corrected chi connectivity index (χ1v) is 5.99. The molecule has 1 aromatic heterocycles. The third-order valence-corrected chi connectivity index (χ3v) is 2.66. The highest BCUT2D eigenvalue weighted by molar-refractivity contribution is 5.89. The maximum Gasteiger partial charge on any atom is 0.339 e. The van der Waals surface area contributed by atoms with Crippen LogP contribution in [-0.2, 0) is 11.3 Å². The summed E-state index contributed by atoms with van der Waals surface area (Å²) in [6.45, 7) is 0.133. The number of esters is 1. The van der Waals surface area contributed by atoms with Gasteiger partial charge in [0.25, 0.3) is 5.69 Å².